The van der Waals surface area contributed by atoms with E-state index < -0.39 is 29.2 Å². The molecule has 0 radical (unpaired) electrons. The smallest absolute Gasteiger partial charge is 0.416 e. The number of rotatable bonds is 6. The van der Waals surface area contributed by atoms with E-state index in [0.717, 1.165) is 51.4 Å². The van der Waals surface area contributed by atoms with Gasteiger partial charge in [0.05, 0.1) is 23.2 Å². The van der Waals surface area contributed by atoms with Crippen LogP contribution < -0.4 is 10.9 Å². The van der Waals surface area contributed by atoms with Crippen LogP contribution in [0.15, 0.2) is 89.0 Å². The SMILES string of the molecule is CCOC(=O)c1nn(-c2ccc(C(F)(F)F)cc2)c(=O)c2c(NC(=O)c3ccc(-c4ccccc4)cc3)scc12. The average Bonchev–Trinajstić information content (AvgIpc) is 3.37. The van der Waals surface area contributed by atoms with Gasteiger partial charge in [0.15, 0.2) is 5.69 Å². The van der Waals surface area contributed by atoms with E-state index in [4.69, 9.17) is 4.74 Å². The zero-order valence-corrected chi connectivity index (χ0v) is 21.7. The highest BCUT2D eigenvalue weighted by atomic mass is 32.1. The number of carbonyl (C=O) groups is 2. The van der Waals surface area contributed by atoms with Gasteiger partial charge < -0.3 is 10.1 Å². The number of nitrogens with one attached hydrogen (secondary N) is 1. The second kappa shape index (κ2) is 10.8. The van der Waals surface area contributed by atoms with E-state index >= 15 is 0 Å². The number of amides is 1. The Balaban J connectivity index is 1.54. The third kappa shape index (κ3) is 5.23. The van der Waals surface area contributed by atoms with Gasteiger partial charge in [0.1, 0.15) is 5.00 Å². The van der Waals surface area contributed by atoms with Crippen molar-refractivity contribution in [2.24, 2.45) is 0 Å². The highest BCUT2D eigenvalue weighted by Gasteiger charge is 2.30. The molecule has 5 rings (SSSR count). The van der Waals surface area contributed by atoms with Gasteiger partial charge >= 0.3 is 12.1 Å². The lowest BCUT2D eigenvalue weighted by atomic mass is 10.0. The Morgan fingerprint density at radius 3 is 2.23 bits per heavy atom. The molecular weight excluding hydrogens is 543 g/mol. The van der Waals surface area contributed by atoms with Gasteiger partial charge in [0.25, 0.3) is 11.5 Å². The molecule has 0 aliphatic carbocycles. The fraction of sp³-hybridized carbons (Fsp3) is 0.103. The van der Waals surface area contributed by atoms with E-state index in [0.29, 0.717) is 5.56 Å². The van der Waals surface area contributed by atoms with Crippen LogP contribution >= 0.6 is 11.3 Å². The Hall–Kier alpha value is -4.77. The second-order valence-corrected chi connectivity index (χ2v) is 9.46. The van der Waals surface area contributed by atoms with E-state index in [1.165, 1.54) is 5.38 Å². The summed E-state index contributed by atoms with van der Waals surface area (Å²) in [6.45, 7) is 1.64. The van der Waals surface area contributed by atoms with Crippen LogP contribution in [-0.2, 0) is 10.9 Å². The number of anilines is 1. The first-order valence-electron chi connectivity index (χ1n) is 12.0. The zero-order valence-electron chi connectivity index (χ0n) is 20.9. The van der Waals surface area contributed by atoms with Gasteiger partial charge in [-0.05, 0) is 54.4 Å². The maximum atomic E-state index is 13.5. The van der Waals surface area contributed by atoms with Crippen molar-refractivity contribution in [3.05, 3.63) is 111 Å². The summed E-state index contributed by atoms with van der Waals surface area (Å²) in [5.74, 6) is -1.31. The number of thiophene rings is 1. The fourth-order valence-corrected chi connectivity index (χ4v) is 5.01. The molecule has 1 amide bonds. The number of hydrogen-bond acceptors (Lipinski definition) is 6. The maximum absolute atomic E-state index is 13.5. The lowest BCUT2D eigenvalue weighted by molar-refractivity contribution is -0.137. The molecule has 0 saturated carbocycles. The number of nitrogens with zero attached hydrogens (tertiary/aromatic N) is 2. The number of esters is 1. The van der Waals surface area contributed by atoms with Gasteiger partial charge in [-0.15, -0.1) is 11.3 Å². The molecule has 0 saturated heterocycles. The maximum Gasteiger partial charge on any atom is 0.416 e. The summed E-state index contributed by atoms with van der Waals surface area (Å²) in [6, 6.07) is 20.3. The minimum atomic E-state index is -4.57. The number of halogens is 3. The van der Waals surface area contributed by atoms with E-state index in [9.17, 15) is 27.6 Å². The van der Waals surface area contributed by atoms with Gasteiger partial charge in [0, 0.05) is 16.3 Å². The van der Waals surface area contributed by atoms with E-state index in [1.54, 1.807) is 31.2 Å². The number of benzene rings is 3. The molecule has 0 aliphatic rings. The van der Waals surface area contributed by atoms with E-state index in [-0.39, 0.29) is 33.8 Å². The van der Waals surface area contributed by atoms with Crippen molar-refractivity contribution in [3.63, 3.8) is 0 Å². The van der Waals surface area contributed by atoms with Crippen molar-refractivity contribution in [3.8, 4) is 16.8 Å². The molecule has 0 unspecified atom stereocenters. The number of aromatic nitrogens is 2. The van der Waals surface area contributed by atoms with Crippen molar-refractivity contribution < 1.29 is 27.5 Å². The van der Waals surface area contributed by atoms with Crippen molar-refractivity contribution in [2.75, 3.05) is 11.9 Å². The van der Waals surface area contributed by atoms with Crippen LogP contribution in [0.5, 0.6) is 0 Å². The molecule has 0 fully saturated rings. The van der Waals surface area contributed by atoms with Crippen LogP contribution in [0.3, 0.4) is 0 Å². The highest BCUT2D eigenvalue weighted by molar-refractivity contribution is 7.16. The van der Waals surface area contributed by atoms with Crippen LogP contribution in [-0.4, -0.2) is 28.3 Å². The van der Waals surface area contributed by atoms with Gasteiger partial charge in [0.2, 0.25) is 0 Å². The standard InChI is InChI=1S/C29H20F3N3O4S/c1-2-39-28(38)24-22-16-40-26(33-25(36)19-10-8-18(9-11-19)17-6-4-3-5-7-17)23(22)27(37)35(34-24)21-14-12-20(13-15-21)29(30,31)32/h3-16H,2H2,1H3,(H,33,36). The van der Waals surface area contributed by atoms with Gasteiger partial charge in [-0.1, -0.05) is 42.5 Å². The molecule has 3 aromatic carbocycles. The Kier molecular flexibility index (Phi) is 7.22. The summed E-state index contributed by atoms with van der Waals surface area (Å²) in [5, 5.41) is 8.64. The number of hydrogen-bond donors (Lipinski definition) is 1. The molecular formula is C29H20F3N3O4S. The first-order chi connectivity index (χ1) is 19.2. The molecule has 11 heteroatoms. The topological polar surface area (TPSA) is 90.3 Å². The molecule has 1 N–H and O–H groups in total. The van der Waals surface area contributed by atoms with Gasteiger partial charge in [-0.3, -0.25) is 9.59 Å². The predicted molar refractivity (Wildman–Crippen MR) is 146 cm³/mol. The number of fused-ring (bicyclic) bond motifs is 1. The molecule has 0 spiro atoms. The molecule has 2 aromatic heterocycles. The van der Waals surface area contributed by atoms with Crippen molar-refractivity contribution in [1.82, 2.24) is 9.78 Å². The van der Waals surface area contributed by atoms with E-state index in [2.05, 4.69) is 10.4 Å². The molecule has 5 aromatic rings. The summed E-state index contributed by atoms with van der Waals surface area (Å²) in [7, 11) is 0. The quantitative estimate of drug-likeness (QED) is 0.236. The fourth-order valence-electron chi connectivity index (χ4n) is 4.08. The van der Waals surface area contributed by atoms with Crippen LogP contribution in [0.1, 0.15) is 33.3 Å². The van der Waals surface area contributed by atoms with Crippen LogP contribution in [0.25, 0.3) is 27.6 Å². The Bertz CT molecular complexity index is 1760. The third-order valence-corrected chi connectivity index (χ3v) is 6.94. The van der Waals surface area contributed by atoms with Gasteiger partial charge in [-0.2, -0.15) is 23.0 Å². The Morgan fingerprint density at radius 2 is 1.60 bits per heavy atom. The molecule has 202 valence electrons. The minimum Gasteiger partial charge on any atom is -0.461 e. The van der Waals surface area contributed by atoms with Crippen LogP contribution in [0, 0.1) is 0 Å². The molecule has 0 aliphatic heterocycles. The monoisotopic (exact) mass is 563 g/mol. The second-order valence-electron chi connectivity index (χ2n) is 8.58. The van der Waals surface area contributed by atoms with Crippen LogP contribution in [0.4, 0.5) is 18.2 Å². The first kappa shape index (κ1) is 26.8. The highest BCUT2D eigenvalue weighted by Crippen LogP contribution is 2.32. The predicted octanol–water partition coefficient (Wildman–Crippen LogP) is 6.56. The lowest BCUT2D eigenvalue weighted by Crippen LogP contribution is -2.25. The summed E-state index contributed by atoms with van der Waals surface area (Å²) in [5.41, 5.74) is 0.413. The Labute approximate surface area is 229 Å². The largest absolute Gasteiger partial charge is 0.461 e. The summed E-state index contributed by atoms with van der Waals surface area (Å²) >= 11 is 1.02. The number of ether oxygens (including phenoxy) is 1. The average molecular weight is 564 g/mol. The molecule has 0 atom stereocenters. The van der Waals surface area contributed by atoms with Crippen LogP contribution in [0.2, 0.25) is 0 Å². The summed E-state index contributed by atoms with van der Waals surface area (Å²) < 4.78 is 45.1. The number of carbonyl (C=O) groups excluding carboxylic acids is 2. The third-order valence-electron chi connectivity index (χ3n) is 6.04. The molecule has 2 heterocycles. The Morgan fingerprint density at radius 1 is 0.950 bits per heavy atom. The van der Waals surface area contributed by atoms with Crippen molar-refractivity contribution in [1.29, 1.82) is 0 Å². The molecule has 7 nitrogen and oxygen atoms in total. The summed E-state index contributed by atoms with van der Waals surface area (Å²) in [4.78, 5) is 39.3. The zero-order chi connectivity index (χ0) is 28.4. The minimum absolute atomic E-state index is 0.00502. The molecule has 40 heavy (non-hydrogen) atoms. The van der Waals surface area contributed by atoms with Crippen molar-refractivity contribution >= 4 is 39.0 Å². The summed E-state index contributed by atoms with van der Waals surface area (Å²) in [6.07, 6.45) is -4.57. The van der Waals surface area contributed by atoms with Gasteiger partial charge in [-0.25, -0.2) is 4.79 Å². The lowest BCUT2D eigenvalue weighted by Gasteiger charge is -2.11. The number of alkyl halides is 3. The first-order valence-corrected chi connectivity index (χ1v) is 12.9. The normalized spacial score (nSPS) is 11.4. The van der Waals surface area contributed by atoms with E-state index in [1.807, 2.05) is 30.3 Å². The molecule has 0 bridgehead atoms. The van der Waals surface area contributed by atoms with Crippen molar-refractivity contribution in [2.45, 2.75) is 13.1 Å².